The van der Waals surface area contributed by atoms with Crippen molar-refractivity contribution in [2.75, 3.05) is 0 Å². The summed E-state index contributed by atoms with van der Waals surface area (Å²) in [6.07, 6.45) is 0. The molecule has 0 aliphatic rings. The molecule has 0 heterocycles. The van der Waals surface area contributed by atoms with Crippen molar-refractivity contribution in [3.05, 3.63) is 0 Å². The summed E-state index contributed by atoms with van der Waals surface area (Å²) >= 11 is 5.50. The Balaban J connectivity index is 4.15. The molecule has 0 amide bonds. The summed E-state index contributed by atoms with van der Waals surface area (Å²) in [4.78, 5) is 0. The highest BCUT2D eigenvalue weighted by molar-refractivity contribution is 6.86. The van der Waals surface area contributed by atoms with E-state index in [4.69, 9.17) is 11.6 Å². The molecular weight excluding hydrogens is 167 g/mol. The quantitative estimate of drug-likeness (QED) is 0.461. The van der Waals surface area contributed by atoms with Crippen molar-refractivity contribution in [2.24, 2.45) is 0 Å². The van der Waals surface area contributed by atoms with Crippen LogP contribution in [0.2, 0.25) is 18.1 Å². The van der Waals surface area contributed by atoms with Gasteiger partial charge in [-0.15, -0.1) is 0 Å². The van der Waals surface area contributed by atoms with E-state index in [2.05, 4.69) is 0 Å². The van der Waals surface area contributed by atoms with Crippen molar-refractivity contribution < 1.29 is 4.39 Å². The van der Waals surface area contributed by atoms with Gasteiger partial charge in [0.1, 0.15) is 8.07 Å². The number of halogens is 2. The van der Waals surface area contributed by atoms with E-state index in [1.807, 2.05) is 20.8 Å². The van der Waals surface area contributed by atoms with Gasteiger partial charge in [0.2, 0.25) is 0 Å². The molecule has 0 N–H and O–H groups in total. The van der Waals surface area contributed by atoms with E-state index in [-0.39, 0.29) is 0 Å². The van der Waals surface area contributed by atoms with Gasteiger partial charge in [-0.3, -0.25) is 0 Å². The van der Waals surface area contributed by atoms with Gasteiger partial charge < -0.3 is 0 Å². The average Bonchev–Trinajstić information content (AvgIpc) is 1.92. The summed E-state index contributed by atoms with van der Waals surface area (Å²) in [5, 5.41) is -1.05. The summed E-state index contributed by atoms with van der Waals surface area (Å²) < 4.78 is 12.8. The molecule has 0 radical (unpaired) electrons. The number of alkyl halides is 2. The molecule has 10 heavy (non-hydrogen) atoms. The molecule has 0 aliphatic carbocycles. The van der Waals surface area contributed by atoms with Crippen LogP contribution in [-0.4, -0.2) is 13.3 Å². The lowest BCUT2D eigenvalue weighted by Crippen LogP contribution is -2.39. The molecule has 0 saturated heterocycles. The van der Waals surface area contributed by atoms with Crippen LogP contribution in [0, 0.1) is 0 Å². The minimum atomic E-state index is -1.70. The summed E-state index contributed by atoms with van der Waals surface area (Å²) in [6.45, 7) is 6.15. The molecular formula is C7H16ClFSi. The fourth-order valence-electron chi connectivity index (χ4n) is 1.21. The lowest BCUT2D eigenvalue weighted by molar-refractivity contribution is 0.528. The van der Waals surface area contributed by atoms with Crippen molar-refractivity contribution in [2.45, 2.75) is 44.2 Å². The average molecular weight is 183 g/mol. The second-order valence-corrected chi connectivity index (χ2v) is 8.83. The Morgan fingerprint density at radius 2 is 1.50 bits per heavy atom. The van der Waals surface area contributed by atoms with Crippen LogP contribution < -0.4 is 0 Å². The van der Waals surface area contributed by atoms with E-state index in [0.717, 1.165) is 18.1 Å². The third-order valence-electron chi connectivity index (χ3n) is 2.58. The first-order chi connectivity index (χ1) is 4.63. The van der Waals surface area contributed by atoms with Crippen LogP contribution >= 0.6 is 11.6 Å². The molecule has 0 bridgehead atoms. The maximum absolute atomic E-state index is 12.8. The zero-order chi connectivity index (χ0) is 8.20. The summed E-state index contributed by atoms with van der Waals surface area (Å²) in [5.41, 5.74) is 0. The van der Waals surface area contributed by atoms with Gasteiger partial charge in [0.05, 0.1) is 0 Å². The van der Waals surface area contributed by atoms with E-state index in [1.54, 1.807) is 0 Å². The topological polar surface area (TPSA) is 0 Å². The van der Waals surface area contributed by atoms with Crippen LogP contribution in [0.5, 0.6) is 0 Å². The zero-order valence-electron chi connectivity index (χ0n) is 6.95. The first-order valence-corrected chi connectivity index (χ1v) is 7.04. The van der Waals surface area contributed by atoms with Crippen molar-refractivity contribution in [1.29, 1.82) is 0 Å². The first-order valence-electron chi connectivity index (χ1n) is 3.91. The predicted molar refractivity (Wildman–Crippen MR) is 47.9 cm³/mol. The lowest BCUT2D eigenvalue weighted by Gasteiger charge is -2.27. The Hall–Kier alpha value is 0.437. The van der Waals surface area contributed by atoms with Gasteiger partial charge in [0.25, 0.3) is 0 Å². The fraction of sp³-hybridized carbons (Fsp3) is 1.00. The molecule has 0 fully saturated rings. The summed E-state index contributed by atoms with van der Waals surface area (Å²) in [7, 11) is -1.70. The van der Waals surface area contributed by atoms with Gasteiger partial charge in [-0.25, -0.2) is 4.39 Å². The predicted octanol–water partition coefficient (Wildman–Crippen LogP) is 3.57. The maximum Gasteiger partial charge on any atom is 0.159 e. The summed E-state index contributed by atoms with van der Waals surface area (Å²) in [6, 6.07) is 2.89. The molecule has 0 aromatic heterocycles. The Labute approximate surface area is 68.8 Å². The smallest absolute Gasteiger partial charge is 0.159 e. The standard InChI is InChI=1S/C7H16ClFSi/c1-4-10(5-2,6-3)7(8)9/h7H,4-6H2,1-3H3. The van der Waals surface area contributed by atoms with E-state index in [9.17, 15) is 4.39 Å². The van der Waals surface area contributed by atoms with Crippen LogP contribution in [0.4, 0.5) is 4.39 Å². The largest absolute Gasteiger partial charge is 0.234 e. The highest BCUT2D eigenvalue weighted by Gasteiger charge is 2.35. The molecule has 1 atom stereocenters. The molecule has 62 valence electrons. The molecule has 0 aromatic carbocycles. The van der Waals surface area contributed by atoms with Gasteiger partial charge in [-0.05, 0) is 0 Å². The molecule has 0 aliphatic heterocycles. The fourth-order valence-corrected chi connectivity index (χ4v) is 5.03. The van der Waals surface area contributed by atoms with Crippen LogP contribution in [0.1, 0.15) is 20.8 Å². The number of hydrogen-bond donors (Lipinski definition) is 0. The van der Waals surface area contributed by atoms with Crippen LogP contribution in [0.15, 0.2) is 0 Å². The van der Waals surface area contributed by atoms with Gasteiger partial charge >= 0.3 is 0 Å². The Morgan fingerprint density at radius 1 is 1.20 bits per heavy atom. The van der Waals surface area contributed by atoms with Gasteiger partial charge in [0.15, 0.2) is 5.25 Å². The van der Waals surface area contributed by atoms with Crippen molar-refractivity contribution in [1.82, 2.24) is 0 Å². The van der Waals surface area contributed by atoms with Crippen LogP contribution in [0.25, 0.3) is 0 Å². The Kier molecular flexibility index (Phi) is 4.53. The van der Waals surface area contributed by atoms with Crippen molar-refractivity contribution >= 4 is 19.7 Å². The highest BCUT2D eigenvalue weighted by Crippen LogP contribution is 2.28. The van der Waals surface area contributed by atoms with Gasteiger partial charge in [-0.1, -0.05) is 50.5 Å². The van der Waals surface area contributed by atoms with E-state index in [0.29, 0.717) is 0 Å². The third-order valence-corrected chi connectivity index (χ3v) is 9.11. The number of hydrogen-bond acceptors (Lipinski definition) is 0. The van der Waals surface area contributed by atoms with Crippen LogP contribution in [0.3, 0.4) is 0 Å². The number of rotatable bonds is 4. The van der Waals surface area contributed by atoms with Gasteiger partial charge in [0, 0.05) is 0 Å². The first kappa shape index (κ1) is 10.4. The Morgan fingerprint density at radius 3 is 1.50 bits per heavy atom. The SMILES string of the molecule is CC[Si](CC)(CC)C(F)Cl. The second-order valence-electron chi connectivity index (χ2n) is 2.72. The van der Waals surface area contributed by atoms with Gasteiger partial charge in [-0.2, -0.15) is 0 Å². The molecule has 0 saturated carbocycles. The molecule has 1 unspecified atom stereocenters. The highest BCUT2D eigenvalue weighted by atomic mass is 35.5. The second kappa shape index (κ2) is 4.34. The normalized spacial score (nSPS) is 15.3. The molecule has 0 nitrogen and oxygen atoms in total. The molecule has 0 aromatic rings. The zero-order valence-corrected chi connectivity index (χ0v) is 8.71. The maximum atomic E-state index is 12.8. The summed E-state index contributed by atoms with van der Waals surface area (Å²) in [5.74, 6) is 0. The van der Waals surface area contributed by atoms with E-state index in [1.165, 1.54) is 0 Å². The van der Waals surface area contributed by atoms with E-state index < -0.39 is 13.3 Å². The monoisotopic (exact) mass is 182 g/mol. The lowest BCUT2D eigenvalue weighted by atomic mass is 10.9. The van der Waals surface area contributed by atoms with E-state index >= 15 is 0 Å². The van der Waals surface area contributed by atoms with Crippen molar-refractivity contribution in [3.8, 4) is 0 Å². The molecule has 0 spiro atoms. The Bertz CT molecular complexity index is 83.3. The minimum absolute atomic E-state index is 0.963. The molecule has 0 rings (SSSR count). The van der Waals surface area contributed by atoms with Crippen LogP contribution in [-0.2, 0) is 0 Å². The third kappa shape index (κ3) is 1.96. The molecule has 3 heteroatoms. The van der Waals surface area contributed by atoms with Crippen molar-refractivity contribution in [3.63, 3.8) is 0 Å². The minimum Gasteiger partial charge on any atom is -0.234 e.